The lowest BCUT2D eigenvalue weighted by Crippen LogP contribution is -2.37. The number of thioether (sulfide) groups is 1. The largest absolute Gasteiger partial charge is 0.360 e. The standard InChI is InChI=1S/C17H22N4S2/c1-12-11-22-15-5-3-2-4-14(15)21(12)10-16-19-20-17(23-16)13-6-8-18-9-7-13/h2-5,12-13,18H,6-11H2,1H3. The zero-order valence-electron chi connectivity index (χ0n) is 13.4. The van der Waals surface area contributed by atoms with Crippen molar-refractivity contribution < 1.29 is 0 Å². The van der Waals surface area contributed by atoms with Gasteiger partial charge in [-0.2, -0.15) is 0 Å². The summed E-state index contributed by atoms with van der Waals surface area (Å²) in [6.45, 7) is 5.39. The molecule has 4 nitrogen and oxygen atoms in total. The van der Waals surface area contributed by atoms with Crippen molar-refractivity contribution in [1.29, 1.82) is 0 Å². The van der Waals surface area contributed by atoms with Gasteiger partial charge in [0.15, 0.2) is 0 Å². The van der Waals surface area contributed by atoms with Gasteiger partial charge in [-0.15, -0.1) is 22.0 Å². The van der Waals surface area contributed by atoms with Crippen LogP contribution in [0.3, 0.4) is 0 Å². The molecule has 1 saturated heterocycles. The highest BCUT2D eigenvalue weighted by Gasteiger charge is 2.25. The summed E-state index contributed by atoms with van der Waals surface area (Å²) in [6.07, 6.45) is 2.38. The molecule has 122 valence electrons. The number of nitrogens with one attached hydrogen (secondary N) is 1. The first-order valence-electron chi connectivity index (χ1n) is 8.33. The van der Waals surface area contributed by atoms with Crippen LogP contribution in [0.4, 0.5) is 5.69 Å². The number of anilines is 1. The molecule has 0 saturated carbocycles. The fourth-order valence-electron chi connectivity index (χ4n) is 3.31. The molecule has 1 unspecified atom stereocenters. The van der Waals surface area contributed by atoms with Gasteiger partial charge in [0.25, 0.3) is 0 Å². The van der Waals surface area contributed by atoms with Gasteiger partial charge in [0.1, 0.15) is 10.0 Å². The number of rotatable bonds is 3. The van der Waals surface area contributed by atoms with Crippen LogP contribution < -0.4 is 10.2 Å². The van der Waals surface area contributed by atoms with E-state index in [4.69, 9.17) is 0 Å². The Morgan fingerprint density at radius 2 is 2.04 bits per heavy atom. The number of hydrogen-bond donors (Lipinski definition) is 1. The normalized spacial score (nSPS) is 22.1. The van der Waals surface area contributed by atoms with Gasteiger partial charge in [0.2, 0.25) is 0 Å². The molecule has 0 amide bonds. The monoisotopic (exact) mass is 346 g/mol. The van der Waals surface area contributed by atoms with Gasteiger partial charge >= 0.3 is 0 Å². The molecule has 2 aromatic rings. The number of piperidine rings is 1. The summed E-state index contributed by atoms with van der Waals surface area (Å²) in [5.74, 6) is 1.74. The quantitative estimate of drug-likeness (QED) is 0.921. The first-order valence-corrected chi connectivity index (χ1v) is 10.1. The Bertz CT molecular complexity index is 666. The summed E-state index contributed by atoms with van der Waals surface area (Å²) >= 11 is 3.77. The van der Waals surface area contributed by atoms with Gasteiger partial charge < -0.3 is 10.2 Å². The Kier molecular flexibility index (Phi) is 4.55. The van der Waals surface area contributed by atoms with E-state index in [9.17, 15) is 0 Å². The summed E-state index contributed by atoms with van der Waals surface area (Å²) in [5, 5.41) is 14.8. The molecule has 1 atom stereocenters. The minimum atomic E-state index is 0.529. The predicted molar refractivity (Wildman–Crippen MR) is 97.6 cm³/mol. The van der Waals surface area contributed by atoms with E-state index in [2.05, 4.69) is 51.6 Å². The van der Waals surface area contributed by atoms with Crippen LogP contribution in [0, 0.1) is 0 Å². The van der Waals surface area contributed by atoms with Crippen LogP contribution in [-0.4, -0.2) is 35.1 Å². The fraction of sp³-hybridized carbons (Fsp3) is 0.529. The molecule has 0 radical (unpaired) electrons. The maximum Gasteiger partial charge on any atom is 0.136 e. The SMILES string of the molecule is CC1CSc2ccccc2N1Cc1nnc(C2CCNCC2)s1. The summed E-state index contributed by atoms with van der Waals surface area (Å²) in [5.41, 5.74) is 1.34. The van der Waals surface area contributed by atoms with Crippen molar-refractivity contribution in [3.63, 3.8) is 0 Å². The van der Waals surface area contributed by atoms with Crippen molar-refractivity contribution in [2.45, 2.75) is 43.2 Å². The fourth-order valence-corrected chi connectivity index (χ4v) is 5.42. The van der Waals surface area contributed by atoms with Crippen LogP contribution in [0.1, 0.15) is 35.7 Å². The molecule has 1 aromatic heterocycles. The second kappa shape index (κ2) is 6.79. The van der Waals surface area contributed by atoms with Crippen LogP contribution in [0.2, 0.25) is 0 Å². The van der Waals surface area contributed by atoms with E-state index in [1.807, 2.05) is 23.1 Å². The van der Waals surface area contributed by atoms with Crippen molar-refractivity contribution in [2.75, 3.05) is 23.7 Å². The maximum absolute atomic E-state index is 4.50. The summed E-state index contributed by atoms with van der Waals surface area (Å²) in [7, 11) is 0. The molecule has 23 heavy (non-hydrogen) atoms. The van der Waals surface area contributed by atoms with E-state index < -0.39 is 0 Å². The highest BCUT2D eigenvalue weighted by molar-refractivity contribution is 7.99. The Morgan fingerprint density at radius 3 is 2.91 bits per heavy atom. The van der Waals surface area contributed by atoms with Gasteiger partial charge in [0, 0.05) is 22.6 Å². The molecule has 2 aliphatic rings. The molecular weight excluding hydrogens is 324 g/mol. The number of benzene rings is 1. The molecule has 4 rings (SSSR count). The second-order valence-electron chi connectivity index (χ2n) is 6.31. The van der Waals surface area contributed by atoms with E-state index in [0.29, 0.717) is 12.0 Å². The van der Waals surface area contributed by atoms with Gasteiger partial charge in [-0.25, -0.2) is 0 Å². The summed E-state index contributed by atoms with van der Waals surface area (Å²) in [4.78, 5) is 3.87. The number of fused-ring (bicyclic) bond motifs is 1. The molecule has 1 aromatic carbocycles. The summed E-state index contributed by atoms with van der Waals surface area (Å²) < 4.78 is 0. The third-order valence-corrected chi connectivity index (χ3v) is 7.04. The van der Waals surface area contributed by atoms with E-state index in [1.165, 1.54) is 28.4 Å². The average molecular weight is 347 g/mol. The maximum atomic E-state index is 4.50. The molecule has 0 bridgehead atoms. The number of para-hydroxylation sites is 1. The zero-order valence-corrected chi connectivity index (χ0v) is 15.0. The van der Waals surface area contributed by atoms with Crippen LogP contribution in [-0.2, 0) is 6.54 Å². The summed E-state index contributed by atoms with van der Waals surface area (Å²) in [6, 6.07) is 9.23. The van der Waals surface area contributed by atoms with E-state index in [1.54, 1.807) is 0 Å². The van der Waals surface area contributed by atoms with Gasteiger partial charge in [-0.05, 0) is 45.0 Å². The molecule has 2 aliphatic heterocycles. The minimum Gasteiger partial charge on any atom is -0.360 e. The topological polar surface area (TPSA) is 41.1 Å². The van der Waals surface area contributed by atoms with Crippen molar-refractivity contribution in [2.24, 2.45) is 0 Å². The van der Waals surface area contributed by atoms with Crippen molar-refractivity contribution >= 4 is 28.8 Å². The van der Waals surface area contributed by atoms with E-state index in [0.717, 1.165) is 30.4 Å². The van der Waals surface area contributed by atoms with E-state index >= 15 is 0 Å². The molecular formula is C17H22N4S2. The molecule has 1 N–H and O–H groups in total. The third kappa shape index (κ3) is 3.25. The van der Waals surface area contributed by atoms with Crippen LogP contribution in [0.5, 0.6) is 0 Å². The van der Waals surface area contributed by atoms with Crippen LogP contribution in [0.25, 0.3) is 0 Å². The Labute approximate surface area is 145 Å². The Hall–Kier alpha value is -1.11. The lowest BCUT2D eigenvalue weighted by molar-refractivity contribution is 0.457. The lowest BCUT2D eigenvalue weighted by atomic mass is 9.99. The van der Waals surface area contributed by atoms with Crippen molar-refractivity contribution in [1.82, 2.24) is 15.5 Å². The van der Waals surface area contributed by atoms with Crippen molar-refractivity contribution in [3.05, 3.63) is 34.3 Å². The number of nitrogens with zero attached hydrogens (tertiary/aromatic N) is 3. The second-order valence-corrected chi connectivity index (χ2v) is 8.47. The van der Waals surface area contributed by atoms with Gasteiger partial charge in [0.05, 0.1) is 12.2 Å². The van der Waals surface area contributed by atoms with Crippen LogP contribution >= 0.6 is 23.1 Å². The first kappa shape index (κ1) is 15.4. The molecule has 3 heterocycles. The molecule has 6 heteroatoms. The van der Waals surface area contributed by atoms with Gasteiger partial charge in [-0.1, -0.05) is 23.5 Å². The Morgan fingerprint density at radius 1 is 1.22 bits per heavy atom. The molecule has 0 spiro atoms. The Balaban J connectivity index is 1.53. The molecule has 0 aliphatic carbocycles. The van der Waals surface area contributed by atoms with Gasteiger partial charge in [-0.3, -0.25) is 0 Å². The minimum absolute atomic E-state index is 0.529. The predicted octanol–water partition coefficient (Wildman–Crippen LogP) is 3.51. The highest BCUT2D eigenvalue weighted by Crippen LogP contribution is 2.38. The number of hydrogen-bond acceptors (Lipinski definition) is 6. The third-order valence-electron chi connectivity index (χ3n) is 4.66. The lowest BCUT2D eigenvalue weighted by Gasteiger charge is -2.35. The van der Waals surface area contributed by atoms with E-state index in [-0.39, 0.29) is 0 Å². The average Bonchev–Trinajstić information content (AvgIpc) is 3.07. The zero-order chi connectivity index (χ0) is 15.6. The number of aromatic nitrogens is 2. The smallest absolute Gasteiger partial charge is 0.136 e. The first-order chi connectivity index (χ1) is 11.3. The highest BCUT2D eigenvalue weighted by atomic mass is 32.2. The van der Waals surface area contributed by atoms with Crippen LogP contribution in [0.15, 0.2) is 29.2 Å². The molecule has 1 fully saturated rings. The van der Waals surface area contributed by atoms with Crippen molar-refractivity contribution in [3.8, 4) is 0 Å².